The SMILES string of the molecule is CC(C)(C)c1ccc([C@H]2[C@@H]3C(=O)N(c4ccc(Cl)c(Cl)c4)C(=O)[C@H]3ON2c2ccccc2)cc1. The van der Waals surface area contributed by atoms with E-state index in [0.717, 1.165) is 16.2 Å². The number of amides is 2. The molecule has 2 amide bonds. The molecular weight excluding hydrogens is 471 g/mol. The number of nitrogens with zero attached hydrogens (tertiary/aromatic N) is 2. The number of rotatable bonds is 3. The number of hydrogen-bond acceptors (Lipinski definition) is 4. The van der Waals surface area contributed by atoms with Gasteiger partial charge in [-0.05, 0) is 46.9 Å². The predicted octanol–water partition coefficient (Wildman–Crippen LogP) is 6.34. The molecule has 0 bridgehead atoms. The van der Waals surface area contributed by atoms with Gasteiger partial charge >= 0.3 is 0 Å². The Balaban J connectivity index is 1.57. The van der Waals surface area contributed by atoms with Crippen LogP contribution in [0, 0.1) is 5.92 Å². The van der Waals surface area contributed by atoms with Crippen molar-refractivity contribution in [2.75, 3.05) is 9.96 Å². The average molecular weight is 495 g/mol. The van der Waals surface area contributed by atoms with Crippen LogP contribution in [0.25, 0.3) is 0 Å². The monoisotopic (exact) mass is 494 g/mol. The Kier molecular flexibility index (Phi) is 5.67. The minimum Gasteiger partial charge on any atom is -0.273 e. The molecule has 5 nitrogen and oxygen atoms in total. The van der Waals surface area contributed by atoms with E-state index in [9.17, 15) is 9.59 Å². The lowest BCUT2D eigenvalue weighted by atomic mass is 9.84. The van der Waals surface area contributed by atoms with E-state index in [2.05, 4.69) is 32.9 Å². The van der Waals surface area contributed by atoms with Crippen LogP contribution in [0.1, 0.15) is 37.9 Å². The number of fused-ring (bicyclic) bond motifs is 1. The summed E-state index contributed by atoms with van der Waals surface area (Å²) in [4.78, 5) is 34.5. The van der Waals surface area contributed by atoms with Gasteiger partial charge in [0.25, 0.3) is 5.91 Å². The van der Waals surface area contributed by atoms with Crippen molar-refractivity contribution < 1.29 is 14.4 Å². The summed E-state index contributed by atoms with van der Waals surface area (Å²) in [6, 6.07) is 22.0. The molecule has 34 heavy (non-hydrogen) atoms. The van der Waals surface area contributed by atoms with Gasteiger partial charge in [0.15, 0.2) is 6.10 Å². The molecule has 2 aliphatic rings. The van der Waals surface area contributed by atoms with E-state index in [1.165, 1.54) is 11.6 Å². The number of anilines is 2. The summed E-state index contributed by atoms with van der Waals surface area (Å²) in [5.74, 6) is -1.44. The van der Waals surface area contributed by atoms with Crippen LogP contribution in [0.5, 0.6) is 0 Å². The summed E-state index contributed by atoms with van der Waals surface area (Å²) in [7, 11) is 0. The van der Waals surface area contributed by atoms with Gasteiger partial charge in [-0.15, -0.1) is 0 Å². The first kappa shape index (κ1) is 22.9. The standard InChI is InChI=1S/C27H24Cl2N2O3/c1-27(2,3)17-11-9-16(10-12-17)23-22-24(34-31(23)18-7-5-4-6-8-18)26(33)30(25(22)32)19-13-14-20(28)21(29)15-19/h4-15,22-24H,1-3H3/t22-,23-,24-/m0/s1. The normalized spacial score (nSPS) is 22.4. The van der Waals surface area contributed by atoms with Gasteiger partial charge in [0.1, 0.15) is 5.92 Å². The largest absolute Gasteiger partial charge is 0.273 e. The Morgan fingerprint density at radius 1 is 0.794 bits per heavy atom. The third kappa shape index (κ3) is 3.78. The summed E-state index contributed by atoms with van der Waals surface area (Å²) in [6.45, 7) is 6.46. The molecule has 0 saturated carbocycles. The topological polar surface area (TPSA) is 49.9 Å². The fraction of sp³-hybridized carbons (Fsp3) is 0.259. The van der Waals surface area contributed by atoms with Gasteiger partial charge in [-0.3, -0.25) is 14.4 Å². The van der Waals surface area contributed by atoms with E-state index in [-0.39, 0.29) is 16.3 Å². The Hall–Kier alpha value is -2.86. The second-order valence-electron chi connectivity index (χ2n) is 9.64. The molecule has 2 aliphatic heterocycles. The number of hydrogen-bond donors (Lipinski definition) is 0. The Bertz CT molecular complexity index is 1260. The third-order valence-corrected chi connectivity index (χ3v) is 7.14. The molecule has 0 aromatic heterocycles. The number of hydroxylamine groups is 1. The summed E-state index contributed by atoms with van der Waals surface area (Å²) in [5.41, 5.74) is 3.25. The zero-order valence-corrected chi connectivity index (χ0v) is 20.5. The van der Waals surface area contributed by atoms with Crippen LogP contribution in [-0.4, -0.2) is 17.9 Å². The maximum atomic E-state index is 13.7. The number of carbonyl (C=O) groups is 2. The van der Waals surface area contributed by atoms with Gasteiger partial charge < -0.3 is 0 Å². The van der Waals surface area contributed by atoms with Crippen molar-refractivity contribution >= 4 is 46.4 Å². The first-order chi connectivity index (χ1) is 16.2. The van der Waals surface area contributed by atoms with Crippen LogP contribution in [0.15, 0.2) is 72.8 Å². The van der Waals surface area contributed by atoms with Gasteiger partial charge in [0.2, 0.25) is 5.91 Å². The Morgan fingerprint density at radius 3 is 2.09 bits per heavy atom. The Morgan fingerprint density at radius 2 is 1.47 bits per heavy atom. The lowest BCUT2D eigenvalue weighted by Crippen LogP contribution is -2.37. The molecule has 5 rings (SSSR count). The first-order valence-corrected chi connectivity index (χ1v) is 11.9. The smallest absolute Gasteiger partial charge is 0.266 e. The molecule has 0 radical (unpaired) electrons. The van der Waals surface area contributed by atoms with E-state index >= 15 is 0 Å². The van der Waals surface area contributed by atoms with Crippen molar-refractivity contribution in [3.63, 3.8) is 0 Å². The molecule has 3 aromatic rings. The van der Waals surface area contributed by atoms with Crippen molar-refractivity contribution in [2.24, 2.45) is 5.92 Å². The number of halogens is 2. The lowest BCUT2D eigenvalue weighted by Gasteiger charge is -2.29. The lowest BCUT2D eigenvalue weighted by molar-refractivity contribution is -0.126. The fourth-order valence-electron chi connectivity index (χ4n) is 4.61. The van der Waals surface area contributed by atoms with E-state index in [1.54, 1.807) is 17.2 Å². The van der Waals surface area contributed by atoms with E-state index in [1.807, 2.05) is 42.5 Å². The van der Waals surface area contributed by atoms with Crippen molar-refractivity contribution in [3.05, 3.63) is 94.0 Å². The summed E-state index contributed by atoms with van der Waals surface area (Å²) in [5, 5.41) is 2.33. The number of benzene rings is 3. The van der Waals surface area contributed by atoms with Crippen LogP contribution >= 0.6 is 23.2 Å². The number of carbonyl (C=O) groups excluding carboxylic acids is 2. The molecule has 174 valence electrons. The highest BCUT2D eigenvalue weighted by atomic mass is 35.5. The molecule has 0 spiro atoms. The highest BCUT2D eigenvalue weighted by Gasteiger charge is 2.60. The van der Waals surface area contributed by atoms with Crippen LogP contribution in [0.2, 0.25) is 10.0 Å². The fourth-order valence-corrected chi connectivity index (χ4v) is 4.90. The minimum atomic E-state index is -0.936. The van der Waals surface area contributed by atoms with Gasteiger partial charge in [-0.2, -0.15) is 0 Å². The number of para-hydroxylation sites is 1. The molecule has 2 heterocycles. The van der Waals surface area contributed by atoms with Crippen molar-refractivity contribution in [1.29, 1.82) is 0 Å². The van der Waals surface area contributed by atoms with Gasteiger partial charge in [-0.25, -0.2) is 9.96 Å². The third-order valence-electron chi connectivity index (χ3n) is 6.41. The van der Waals surface area contributed by atoms with Crippen LogP contribution in [-0.2, 0) is 19.8 Å². The molecule has 0 aliphatic carbocycles. The predicted molar refractivity (Wildman–Crippen MR) is 134 cm³/mol. The summed E-state index contributed by atoms with van der Waals surface area (Å²) >= 11 is 12.2. The maximum absolute atomic E-state index is 13.7. The Labute approximate surface area is 208 Å². The maximum Gasteiger partial charge on any atom is 0.266 e. The van der Waals surface area contributed by atoms with Gasteiger partial charge in [-0.1, -0.05) is 86.4 Å². The highest BCUT2D eigenvalue weighted by molar-refractivity contribution is 6.42. The van der Waals surface area contributed by atoms with E-state index < -0.39 is 24.0 Å². The van der Waals surface area contributed by atoms with E-state index in [0.29, 0.717) is 10.7 Å². The second kappa shape index (κ2) is 8.42. The van der Waals surface area contributed by atoms with Gasteiger partial charge in [0, 0.05) is 0 Å². The first-order valence-electron chi connectivity index (χ1n) is 11.1. The quantitative estimate of drug-likeness (QED) is 0.398. The number of imide groups is 1. The molecule has 0 N–H and O–H groups in total. The molecule has 3 aromatic carbocycles. The second-order valence-corrected chi connectivity index (χ2v) is 10.5. The zero-order chi connectivity index (χ0) is 24.2. The molecule has 2 saturated heterocycles. The summed E-state index contributed by atoms with van der Waals surface area (Å²) < 4.78 is 0. The van der Waals surface area contributed by atoms with Crippen LogP contribution < -0.4 is 9.96 Å². The average Bonchev–Trinajstić information content (AvgIpc) is 3.32. The molecular formula is C27H24Cl2N2O3. The van der Waals surface area contributed by atoms with Crippen LogP contribution in [0.4, 0.5) is 11.4 Å². The van der Waals surface area contributed by atoms with Crippen molar-refractivity contribution in [2.45, 2.75) is 38.3 Å². The van der Waals surface area contributed by atoms with Crippen LogP contribution in [0.3, 0.4) is 0 Å². The van der Waals surface area contributed by atoms with Crippen molar-refractivity contribution in [3.8, 4) is 0 Å². The van der Waals surface area contributed by atoms with Crippen molar-refractivity contribution in [1.82, 2.24) is 0 Å². The molecule has 7 heteroatoms. The molecule has 2 fully saturated rings. The van der Waals surface area contributed by atoms with Gasteiger partial charge in [0.05, 0.1) is 27.5 Å². The highest BCUT2D eigenvalue weighted by Crippen LogP contribution is 2.48. The molecule has 3 atom stereocenters. The molecule has 0 unspecified atom stereocenters. The van der Waals surface area contributed by atoms with E-state index in [4.69, 9.17) is 28.0 Å². The summed E-state index contributed by atoms with van der Waals surface area (Å²) in [6.07, 6.45) is -0.936. The zero-order valence-electron chi connectivity index (χ0n) is 19.0. The minimum absolute atomic E-state index is 0.00382.